The number of amides is 1. The number of anilines is 1. The lowest BCUT2D eigenvalue weighted by molar-refractivity contribution is 0.0692. The third kappa shape index (κ3) is 2.76. The quantitative estimate of drug-likeness (QED) is 0.879. The van der Waals surface area contributed by atoms with Gasteiger partial charge in [-0.3, -0.25) is 9.48 Å². The maximum atomic E-state index is 13.0. The standard InChI is InChI=1S/C12H10FN3O3/c1-16-6-9(12(18)19)10(15-16)11(17)14-8-4-2-3-7(13)5-8/h2-6H,1H3,(H,14,17)(H,18,19). The fourth-order valence-electron chi connectivity index (χ4n) is 1.57. The molecule has 0 unspecified atom stereocenters. The minimum Gasteiger partial charge on any atom is -0.478 e. The van der Waals surface area contributed by atoms with Crippen molar-refractivity contribution in [2.45, 2.75) is 0 Å². The van der Waals surface area contributed by atoms with E-state index in [2.05, 4.69) is 10.4 Å². The molecule has 2 rings (SSSR count). The van der Waals surface area contributed by atoms with E-state index in [1.807, 2.05) is 0 Å². The molecule has 0 radical (unpaired) electrons. The van der Waals surface area contributed by atoms with Crippen LogP contribution in [-0.2, 0) is 7.05 Å². The van der Waals surface area contributed by atoms with Gasteiger partial charge in [0, 0.05) is 18.9 Å². The second-order valence-electron chi connectivity index (χ2n) is 3.83. The van der Waals surface area contributed by atoms with Crippen LogP contribution in [0.1, 0.15) is 20.8 Å². The topological polar surface area (TPSA) is 84.2 Å². The predicted octanol–water partition coefficient (Wildman–Crippen LogP) is 1.51. The van der Waals surface area contributed by atoms with Gasteiger partial charge in [-0.05, 0) is 18.2 Å². The highest BCUT2D eigenvalue weighted by molar-refractivity contribution is 6.09. The third-order valence-electron chi connectivity index (χ3n) is 2.36. The Labute approximate surface area is 107 Å². The molecule has 1 amide bonds. The maximum absolute atomic E-state index is 13.0. The molecule has 1 aromatic heterocycles. The van der Waals surface area contributed by atoms with Crippen LogP contribution in [0.25, 0.3) is 0 Å². The van der Waals surface area contributed by atoms with Crippen LogP contribution in [0.2, 0.25) is 0 Å². The van der Waals surface area contributed by atoms with Gasteiger partial charge in [0.1, 0.15) is 11.4 Å². The highest BCUT2D eigenvalue weighted by Gasteiger charge is 2.21. The number of hydrogen-bond donors (Lipinski definition) is 2. The molecule has 0 fully saturated rings. The van der Waals surface area contributed by atoms with Crippen molar-refractivity contribution in [3.8, 4) is 0 Å². The molecule has 0 atom stereocenters. The molecule has 1 heterocycles. The number of nitrogens with zero attached hydrogens (tertiary/aromatic N) is 2. The van der Waals surface area contributed by atoms with Crippen molar-refractivity contribution >= 4 is 17.6 Å². The molecule has 0 saturated carbocycles. The van der Waals surface area contributed by atoms with Gasteiger partial charge in [0.15, 0.2) is 5.69 Å². The molecule has 1 aromatic carbocycles. The molecule has 2 aromatic rings. The number of carboxylic acids is 1. The summed E-state index contributed by atoms with van der Waals surface area (Å²) in [5, 5.41) is 15.1. The molecular weight excluding hydrogens is 253 g/mol. The SMILES string of the molecule is Cn1cc(C(=O)O)c(C(=O)Nc2cccc(F)c2)n1. The number of benzene rings is 1. The smallest absolute Gasteiger partial charge is 0.339 e. The summed E-state index contributed by atoms with van der Waals surface area (Å²) in [5.74, 6) is -2.46. The molecule has 0 aliphatic rings. The lowest BCUT2D eigenvalue weighted by Gasteiger charge is -2.03. The van der Waals surface area contributed by atoms with E-state index in [-0.39, 0.29) is 16.9 Å². The molecule has 7 heteroatoms. The van der Waals surface area contributed by atoms with E-state index in [1.165, 1.54) is 36.1 Å². The number of carbonyl (C=O) groups excluding carboxylic acids is 1. The average molecular weight is 263 g/mol. The first-order chi connectivity index (χ1) is 8.97. The Morgan fingerprint density at radius 2 is 2.16 bits per heavy atom. The van der Waals surface area contributed by atoms with Gasteiger partial charge in [-0.1, -0.05) is 6.07 Å². The summed E-state index contributed by atoms with van der Waals surface area (Å²) in [7, 11) is 1.51. The monoisotopic (exact) mass is 263 g/mol. The van der Waals surface area contributed by atoms with E-state index < -0.39 is 17.7 Å². The number of hydrogen-bond acceptors (Lipinski definition) is 3. The Hall–Kier alpha value is -2.70. The van der Waals surface area contributed by atoms with Crippen LogP contribution in [0.5, 0.6) is 0 Å². The molecule has 0 bridgehead atoms. The highest BCUT2D eigenvalue weighted by atomic mass is 19.1. The van der Waals surface area contributed by atoms with Gasteiger partial charge in [-0.15, -0.1) is 0 Å². The summed E-state index contributed by atoms with van der Waals surface area (Å²) >= 11 is 0. The van der Waals surface area contributed by atoms with Gasteiger partial charge in [0.05, 0.1) is 0 Å². The van der Waals surface area contributed by atoms with Gasteiger partial charge in [0.25, 0.3) is 5.91 Å². The van der Waals surface area contributed by atoms with E-state index in [0.29, 0.717) is 0 Å². The van der Waals surface area contributed by atoms with Crippen molar-refractivity contribution in [1.82, 2.24) is 9.78 Å². The first-order valence-corrected chi connectivity index (χ1v) is 5.31. The second kappa shape index (κ2) is 4.89. The molecule has 98 valence electrons. The molecule has 0 saturated heterocycles. The number of nitrogens with one attached hydrogen (secondary N) is 1. The summed E-state index contributed by atoms with van der Waals surface area (Å²) in [5.41, 5.74) is -0.206. The number of aromatic nitrogens is 2. The minimum atomic E-state index is -1.25. The average Bonchev–Trinajstić information content (AvgIpc) is 2.71. The number of aromatic carboxylic acids is 1. The van der Waals surface area contributed by atoms with E-state index in [1.54, 1.807) is 0 Å². The zero-order valence-electron chi connectivity index (χ0n) is 9.92. The van der Waals surface area contributed by atoms with Gasteiger partial charge >= 0.3 is 5.97 Å². The van der Waals surface area contributed by atoms with Crippen LogP contribution in [0.4, 0.5) is 10.1 Å². The van der Waals surface area contributed by atoms with Crippen LogP contribution in [0.15, 0.2) is 30.5 Å². The third-order valence-corrected chi connectivity index (χ3v) is 2.36. The predicted molar refractivity (Wildman–Crippen MR) is 64.5 cm³/mol. The molecule has 19 heavy (non-hydrogen) atoms. The van der Waals surface area contributed by atoms with Gasteiger partial charge < -0.3 is 10.4 Å². The Kier molecular flexibility index (Phi) is 3.28. The van der Waals surface area contributed by atoms with Crippen molar-refractivity contribution in [1.29, 1.82) is 0 Å². The number of rotatable bonds is 3. The largest absolute Gasteiger partial charge is 0.478 e. The molecule has 0 aliphatic carbocycles. The van der Waals surface area contributed by atoms with Crippen molar-refractivity contribution in [3.63, 3.8) is 0 Å². The van der Waals surface area contributed by atoms with E-state index in [9.17, 15) is 14.0 Å². The molecule has 6 nitrogen and oxygen atoms in total. The summed E-state index contributed by atoms with van der Waals surface area (Å²) in [6, 6.07) is 5.28. The van der Waals surface area contributed by atoms with Crippen molar-refractivity contribution in [2.75, 3.05) is 5.32 Å². The van der Waals surface area contributed by atoms with Crippen LogP contribution < -0.4 is 5.32 Å². The van der Waals surface area contributed by atoms with Crippen molar-refractivity contribution in [3.05, 3.63) is 47.5 Å². The van der Waals surface area contributed by atoms with E-state index in [4.69, 9.17) is 5.11 Å². The van der Waals surface area contributed by atoms with E-state index in [0.717, 1.165) is 6.07 Å². The fourth-order valence-corrected chi connectivity index (χ4v) is 1.57. The molecular formula is C12H10FN3O3. The van der Waals surface area contributed by atoms with Crippen molar-refractivity contribution < 1.29 is 19.1 Å². The van der Waals surface area contributed by atoms with Crippen LogP contribution in [-0.4, -0.2) is 26.8 Å². The fraction of sp³-hybridized carbons (Fsp3) is 0.0833. The van der Waals surface area contributed by atoms with Gasteiger partial charge in [-0.25, -0.2) is 9.18 Å². The van der Waals surface area contributed by atoms with E-state index >= 15 is 0 Å². The summed E-state index contributed by atoms with van der Waals surface area (Å²) in [4.78, 5) is 22.8. The van der Waals surface area contributed by atoms with Crippen LogP contribution >= 0.6 is 0 Å². The van der Waals surface area contributed by atoms with Crippen molar-refractivity contribution in [2.24, 2.45) is 7.05 Å². The first kappa shape index (κ1) is 12.7. The lowest BCUT2D eigenvalue weighted by atomic mass is 10.2. The Morgan fingerprint density at radius 1 is 1.42 bits per heavy atom. The Balaban J connectivity index is 2.28. The second-order valence-corrected chi connectivity index (χ2v) is 3.83. The van der Waals surface area contributed by atoms with Crippen LogP contribution in [0, 0.1) is 5.82 Å². The zero-order valence-corrected chi connectivity index (χ0v) is 9.92. The normalized spacial score (nSPS) is 10.2. The number of carbonyl (C=O) groups is 2. The summed E-state index contributed by atoms with van der Waals surface area (Å²) < 4.78 is 14.2. The van der Waals surface area contributed by atoms with Gasteiger partial charge in [0.2, 0.25) is 0 Å². The minimum absolute atomic E-state index is 0.212. The Morgan fingerprint density at radius 3 is 2.79 bits per heavy atom. The first-order valence-electron chi connectivity index (χ1n) is 5.31. The highest BCUT2D eigenvalue weighted by Crippen LogP contribution is 2.13. The molecule has 0 spiro atoms. The zero-order chi connectivity index (χ0) is 14.0. The molecule has 0 aliphatic heterocycles. The Bertz CT molecular complexity index is 651. The number of aryl methyl sites for hydroxylation is 1. The van der Waals surface area contributed by atoms with Crippen LogP contribution in [0.3, 0.4) is 0 Å². The molecule has 2 N–H and O–H groups in total. The van der Waals surface area contributed by atoms with Gasteiger partial charge in [-0.2, -0.15) is 5.10 Å². The summed E-state index contributed by atoms with van der Waals surface area (Å²) in [6.45, 7) is 0. The number of halogens is 1. The maximum Gasteiger partial charge on any atom is 0.339 e. The number of carboxylic acid groups (broad SMARTS) is 1. The lowest BCUT2D eigenvalue weighted by Crippen LogP contribution is -2.16. The summed E-state index contributed by atoms with van der Waals surface area (Å²) in [6.07, 6.45) is 1.23.